The Labute approximate surface area is 136 Å². The van der Waals surface area contributed by atoms with E-state index in [4.69, 9.17) is 0 Å². The third-order valence-corrected chi connectivity index (χ3v) is 5.51. The largest absolute Gasteiger partial charge is 0.306 e. The number of rotatable bonds is 3. The van der Waals surface area contributed by atoms with Crippen LogP contribution in [0.15, 0.2) is 0 Å². The zero-order chi connectivity index (χ0) is 13.9. The van der Waals surface area contributed by atoms with Crippen LogP contribution in [-0.2, 0) is 17.6 Å². The lowest BCUT2D eigenvalue weighted by molar-refractivity contribution is -0.118. The van der Waals surface area contributed by atoms with E-state index in [-0.39, 0.29) is 24.4 Å². The van der Waals surface area contributed by atoms with Crippen LogP contribution in [0.1, 0.15) is 49.6 Å². The lowest BCUT2D eigenvalue weighted by Gasteiger charge is -2.21. The summed E-state index contributed by atoms with van der Waals surface area (Å²) in [6.45, 7) is 3.21. The zero-order valence-electron chi connectivity index (χ0n) is 12.5. The van der Waals surface area contributed by atoms with Gasteiger partial charge >= 0.3 is 0 Å². The average molecular weight is 330 g/mol. The average Bonchev–Trinajstić information content (AvgIpc) is 2.89. The Morgan fingerprint density at radius 1 is 1.43 bits per heavy atom. The van der Waals surface area contributed by atoms with Gasteiger partial charge < -0.3 is 10.6 Å². The summed E-state index contributed by atoms with van der Waals surface area (Å²) < 4.78 is 0. The molecular formula is C15H24ClN3OS. The molecule has 1 saturated heterocycles. The highest BCUT2D eigenvalue weighted by atomic mass is 35.5. The molecule has 0 saturated carbocycles. The van der Waals surface area contributed by atoms with Crippen LogP contribution in [0.3, 0.4) is 0 Å². The van der Waals surface area contributed by atoms with Gasteiger partial charge in [0.1, 0.15) is 0 Å². The quantitative estimate of drug-likeness (QED) is 0.895. The first-order chi connectivity index (χ1) is 9.76. The molecular weight excluding hydrogens is 306 g/mol. The monoisotopic (exact) mass is 329 g/mol. The Balaban J connectivity index is 0.00000161. The van der Waals surface area contributed by atoms with Crippen molar-refractivity contribution in [3.8, 4) is 0 Å². The van der Waals surface area contributed by atoms with Gasteiger partial charge in [-0.15, -0.1) is 23.7 Å². The molecule has 1 aromatic heterocycles. The van der Waals surface area contributed by atoms with E-state index in [9.17, 15) is 4.79 Å². The molecule has 0 bridgehead atoms. The van der Waals surface area contributed by atoms with Crippen LogP contribution in [0.25, 0.3) is 0 Å². The highest BCUT2D eigenvalue weighted by Crippen LogP contribution is 2.33. The molecule has 1 aromatic rings. The van der Waals surface area contributed by atoms with Crippen molar-refractivity contribution in [3.05, 3.63) is 10.6 Å². The number of anilines is 1. The van der Waals surface area contributed by atoms with Crippen molar-refractivity contribution in [3.63, 3.8) is 0 Å². The number of amides is 1. The molecule has 2 atom stereocenters. The van der Waals surface area contributed by atoms with Crippen molar-refractivity contribution in [2.75, 3.05) is 11.9 Å². The first-order valence-electron chi connectivity index (χ1n) is 7.79. The van der Waals surface area contributed by atoms with Crippen molar-refractivity contribution in [1.29, 1.82) is 0 Å². The number of carbonyl (C=O) groups is 1. The minimum atomic E-state index is -0.0342. The Kier molecular flexibility index (Phi) is 6.02. The van der Waals surface area contributed by atoms with Gasteiger partial charge in [0.15, 0.2) is 5.13 Å². The fraction of sp³-hybridized carbons (Fsp3) is 0.733. The van der Waals surface area contributed by atoms with Gasteiger partial charge in [-0.25, -0.2) is 4.98 Å². The van der Waals surface area contributed by atoms with Gasteiger partial charge in [-0.3, -0.25) is 4.79 Å². The maximum atomic E-state index is 12.2. The maximum Gasteiger partial charge on any atom is 0.243 e. The van der Waals surface area contributed by atoms with Crippen molar-refractivity contribution in [2.45, 2.75) is 57.9 Å². The SMILES string of the molecule is CCC1CCc2nc(NC(=O)C3CCCCN3)sc2C1.Cl. The highest BCUT2D eigenvalue weighted by molar-refractivity contribution is 7.15. The number of halogens is 1. The summed E-state index contributed by atoms with van der Waals surface area (Å²) >= 11 is 1.68. The summed E-state index contributed by atoms with van der Waals surface area (Å²) in [5.74, 6) is 0.884. The molecule has 6 heteroatoms. The fourth-order valence-corrected chi connectivity index (χ4v) is 4.24. The van der Waals surface area contributed by atoms with E-state index >= 15 is 0 Å². The van der Waals surface area contributed by atoms with Crippen LogP contribution in [0, 0.1) is 5.92 Å². The van der Waals surface area contributed by atoms with E-state index in [0.717, 1.165) is 43.3 Å². The second-order valence-electron chi connectivity index (χ2n) is 5.90. The molecule has 0 radical (unpaired) electrons. The summed E-state index contributed by atoms with van der Waals surface area (Å²) in [6, 6.07) is -0.0342. The van der Waals surface area contributed by atoms with Crippen molar-refractivity contribution < 1.29 is 4.79 Å². The minimum absolute atomic E-state index is 0. The summed E-state index contributed by atoms with van der Waals surface area (Å²) in [5.41, 5.74) is 1.21. The van der Waals surface area contributed by atoms with Gasteiger partial charge in [-0.1, -0.05) is 19.8 Å². The van der Waals surface area contributed by atoms with E-state index < -0.39 is 0 Å². The van der Waals surface area contributed by atoms with E-state index in [1.165, 1.54) is 29.8 Å². The molecule has 118 valence electrons. The minimum Gasteiger partial charge on any atom is -0.306 e. The van der Waals surface area contributed by atoms with Gasteiger partial charge in [0, 0.05) is 4.88 Å². The van der Waals surface area contributed by atoms with Crippen LogP contribution in [0.4, 0.5) is 5.13 Å². The molecule has 2 heterocycles. The second kappa shape index (κ2) is 7.56. The zero-order valence-corrected chi connectivity index (χ0v) is 14.1. The Bertz CT molecular complexity index is 485. The maximum absolute atomic E-state index is 12.2. The third kappa shape index (κ3) is 3.96. The van der Waals surface area contributed by atoms with Crippen molar-refractivity contribution >= 4 is 34.8 Å². The van der Waals surface area contributed by atoms with E-state index in [1.807, 2.05) is 0 Å². The number of nitrogens with one attached hydrogen (secondary N) is 2. The number of piperidine rings is 1. The summed E-state index contributed by atoms with van der Waals surface area (Å²) in [5, 5.41) is 7.08. The number of nitrogens with zero attached hydrogens (tertiary/aromatic N) is 1. The van der Waals surface area contributed by atoms with E-state index in [2.05, 4.69) is 22.5 Å². The molecule has 0 spiro atoms. The first-order valence-corrected chi connectivity index (χ1v) is 8.60. The first kappa shape index (κ1) is 16.7. The Morgan fingerprint density at radius 3 is 3.00 bits per heavy atom. The summed E-state index contributed by atoms with van der Waals surface area (Å²) in [7, 11) is 0. The number of thiazole rings is 1. The van der Waals surface area contributed by atoms with Crippen molar-refractivity contribution in [1.82, 2.24) is 10.3 Å². The van der Waals surface area contributed by atoms with Crippen LogP contribution in [-0.4, -0.2) is 23.5 Å². The van der Waals surface area contributed by atoms with Crippen LogP contribution >= 0.6 is 23.7 Å². The van der Waals surface area contributed by atoms with Gasteiger partial charge in [-0.05, 0) is 44.6 Å². The van der Waals surface area contributed by atoms with Crippen LogP contribution < -0.4 is 10.6 Å². The number of aryl methyl sites for hydroxylation is 1. The molecule has 4 nitrogen and oxygen atoms in total. The number of hydrogen-bond acceptors (Lipinski definition) is 4. The lowest BCUT2D eigenvalue weighted by Crippen LogP contribution is -2.43. The number of fused-ring (bicyclic) bond motifs is 1. The lowest BCUT2D eigenvalue weighted by atomic mass is 9.89. The molecule has 2 unspecified atom stereocenters. The van der Waals surface area contributed by atoms with E-state index in [0.29, 0.717) is 0 Å². The molecule has 21 heavy (non-hydrogen) atoms. The van der Waals surface area contributed by atoms with Gasteiger partial charge in [0.25, 0.3) is 0 Å². The topological polar surface area (TPSA) is 54.0 Å². The van der Waals surface area contributed by atoms with Gasteiger partial charge in [0.2, 0.25) is 5.91 Å². The predicted octanol–water partition coefficient (Wildman–Crippen LogP) is 3.16. The smallest absolute Gasteiger partial charge is 0.243 e. The number of hydrogen-bond donors (Lipinski definition) is 2. The molecule has 1 fully saturated rings. The van der Waals surface area contributed by atoms with Crippen LogP contribution in [0.2, 0.25) is 0 Å². The van der Waals surface area contributed by atoms with E-state index in [1.54, 1.807) is 11.3 Å². The molecule has 2 N–H and O–H groups in total. The van der Waals surface area contributed by atoms with Crippen LogP contribution in [0.5, 0.6) is 0 Å². The van der Waals surface area contributed by atoms with Crippen molar-refractivity contribution in [2.24, 2.45) is 5.92 Å². The molecule has 0 aromatic carbocycles. The predicted molar refractivity (Wildman–Crippen MR) is 89.4 cm³/mol. The van der Waals surface area contributed by atoms with Gasteiger partial charge in [0.05, 0.1) is 11.7 Å². The third-order valence-electron chi connectivity index (χ3n) is 4.48. The normalized spacial score (nSPS) is 24.8. The van der Waals surface area contributed by atoms with Gasteiger partial charge in [-0.2, -0.15) is 0 Å². The molecule has 2 aliphatic rings. The Morgan fingerprint density at radius 2 is 2.29 bits per heavy atom. The summed E-state index contributed by atoms with van der Waals surface area (Å²) in [4.78, 5) is 18.2. The highest BCUT2D eigenvalue weighted by Gasteiger charge is 2.24. The molecule has 1 aliphatic carbocycles. The summed E-state index contributed by atoms with van der Waals surface area (Å²) in [6.07, 6.45) is 7.94. The molecule has 1 amide bonds. The Hall–Kier alpha value is -0.650. The standard InChI is InChI=1S/C15H23N3OS.ClH/c1-2-10-6-7-11-13(9-10)20-15(17-11)18-14(19)12-5-3-4-8-16-12;/h10,12,16H,2-9H2,1H3,(H,17,18,19);1H. The second-order valence-corrected chi connectivity index (χ2v) is 6.98. The number of carbonyl (C=O) groups excluding carboxylic acids is 1. The molecule has 3 rings (SSSR count). The number of aromatic nitrogens is 1. The molecule has 1 aliphatic heterocycles. The fourth-order valence-electron chi connectivity index (χ4n) is 3.11.